The first-order chi connectivity index (χ1) is 12.2. The third-order valence-corrected chi connectivity index (χ3v) is 7.33. The molecule has 130 valence electrons. The van der Waals surface area contributed by atoms with Gasteiger partial charge < -0.3 is 10.2 Å². The molecule has 3 nitrogen and oxygen atoms in total. The minimum absolute atomic E-state index is 0.528. The average Bonchev–Trinajstić information content (AvgIpc) is 3.17. The van der Waals surface area contributed by atoms with E-state index in [1.54, 1.807) is 0 Å². The minimum Gasteiger partial charge on any atom is -0.390 e. The molecule has 0 radical (unpaired) electrons. The van der Waals surface area contributed by atoms with E-state index in [0.717, 1.165) is 32.5 Å². The lowest BCUT2D eigenvalue weighted by molar-refractivity contribution is -0.0372. The quantitative estimate of drug-likeness (QED) is 0.740. The maximum Gasteiger partial charge on any atom is 0.0802 e. The standard InChI is InChI=1S/C21H23NO2S/c23-18-8-14-11-22(12-15(14)9-19(18)24)10-13-4-3-6-17-16-5-1-2-7-20(16)25-21(13)17/h1-7,14-15,18-19,23-24H,8-12H2/t14-,15+,18-,19-/m1/s1. The van der Waals surface area contributed by atoms with Gasteiger partial charge in [0.25, 0.3) is 0 Å². The highest BCUT2D eigenvalue weighted by molar-refractivity contribution is 7.26. The molecule has 4 atom stereocenters. The fraction of sp³-hybridized carbons (Fsp3) is 0.429. The SMILES string of the molecule is O[C@@H]1C[C@@H]2CN(Cc3cccc4c3sc3ccccc34)C[C@@H]2C[C@H]1O. The Labute approximate surface area is 151 Å². The van der Waals surface area contributed by atoms with Crippen molar-refractivity contribution in [2.75, 3.05) is 13.1 Å². The summed E-state index contributed by atoms with van der Waals surface area (Å²) in [6.07, 6.45) is 0.421. The second kappa shape index (κ2) is 6.06. The summed E-state index contributed by atoms with van der Waals surface area (Å²) < 4.78 is 2.75. The summed E-state index contributed by atoms with van der Waals surface area (Å²) in [6.45, 7) is 3.04. The van der Waals surface area contributed by atoms with E-state index in [0.29, 0.717) is 11.8 Å². The van der Waals surface area contributed by atoms with E-state index >= 15 is 0 Å². The zero-order valence-electron chi connectivity index (χ0n) is 14.1. The van der Waals surface area contributed by atoms with E-state index in [-0.39, 0.29) is 0 Å². The third kappa shape index (κ3) is 2.68. The monoisotopic (exact) mass is 353 g/mol. The van der Waals surface area contributed by atoms with Gasteiger partial charge in [0.05, 0.1) is 12.2 Å². The van der Waals surface area contributed by atoms with Crippen molar-refractivity contribution in [3.05, 3.63) is 48.0 Å². The average molecular weight is 353 g/mol. The van der Waals surface area contributed by atoms with Gasteiger partial charge in [0.2, 0.25) is 0 Å². The summed E-state index contributed by atoms with van der Waals surface area (Å²) in [6, 6.07) is 15.3. The molecule has 3 aromatic rings. The van der Waals surface area contributed by atoms with E-state index in [2.05, 4.69) is 47.4 Å². The number of rotatable bonds is 2. The van der Waals surface area contributed by atoms with Crippen LogP contribution in [-0.4, -0.2) is 40.4 Å². The second-order valence-corrected chi connectivity index (χ2v) is 8.76. The third-order valence-electron chi connectivity index (χ3n) is 6.06. The lowest BCUT2D eigenvalue weighted by Crippen LogP contribution is -2.38. The van der Waals surface area contributed by atoms with Crippen LogP contribution in [0.15, 0.2) is 42.5 Å². The molecule has 2 aromatic carbocycles. The Morgan fingerprint density at radius 1 is 0.880 bits per heavy atom. The molecule has 2 fully saturated rings. The first kappa shape index (κ1) is 15.8. The summed E-state index contributed by atoms with van der Waals surface area (Å²) in [5.41, 5.74) is 1.40. The molecule has 2 heterocycles. The van der Waals surface area contributed by atoms with Gasteiger partial charge in [0.1, 0.15) is 0 Å². The van der Waals surface area contributed by atoms with Gasteiger partial charge >= 0.3 is 0 Å². The molecule has 1 saturated heterocycles. The van der Waals surface area contributed by atoms with Gasteiger partial charge in [-0.05, 0) is 36.3 Å². The number of hydrogen-bond donors (Lipinski definition) is 2. The number of benzene rings is 2. The van der Waals surface area contributed by atoms with Crippen LogP contribution >= 0.6 is 11.3 Å². The Morgan fingerprint density at radius 2 is 1.56 bits per heavy atom. The van der Waals surface area contributed by atoms with Crippen LogP contribution in [0.5, 0.6) is 0 Å². The molecule has 0 unspecified atom stereocenters. The van der Waals surface area contributed by atoms with Gasteiger partial charge in [0, 0.05) is 39.8 Å². The summed E-state index contributed by atoms with van der Waals surface area (Å²) in [5, 5.41) is 22.6. The maximum absolute atomic E-state index is 9.96. The molecule has 0 amide bonds. The predicted molar refractivity (Wildman–Crippen MR) is 103 cm³/mol. The van der Waals surface area contributed by atoms with E-state index < -0.39 is 12.2 Å². The fourth-order valence-corrected chi connectivity index (χ4v) is 6.01. The zero-order chi connectivity index (χ0) is 17.0. The van der Waals surface area contributed by atoms with Crippen molar-refractivity contribution in [2.45, 2.75) is 31.6 Å². The Morgan fingerprint density at radius 3 is 2.32 bits per heavy atom. The van der Waals surface area contributed by atoms with Crippen molar-refractivity contribution >= 4 is 31.5 Å². The highest BCUT2D eigenvalue weighted by Crippen LogP contribution is 2.39. The molecule has 0 spiro atoms. The Bertz CT molecular complexity index is 903. The fourth-order valence-electron chi connectivity index (χ4n) is 4.80. The summed E-state index contributed by atoms with van der Waals surface area (Å²) in [4.78, 5) is 2.51. The number of fused-ring (bicyclic) bond motifs is 4. The van der Waals surface area contributed by atoms with Crippen molar-refractivity contribution < 1.29 is 10.2 Å². The van der Waals surface area contributed by atoms with Crippen LogP contribution in [0, 0.1) is 11.8 Å². The molecule has 2 aliphatic rings. The van der Waals surface area contributed by atoms with Gasteiger partial charge in [-0.3, -0.25) is 4.90 Å². The lowest BCUT2D eigenvalue weighted by atomic mass is 9.79. The van der Waals surface area contributed by atoms with E-state index in [9.17, 15) is 10.2 Å². The normalized spacial score (nSPS) is 30.2. The zero-order valence-corrected chi connectivity index (χ0v) is 15.0. The Kier molecular flexibility index (Phi) is 3.82. The predicted octanol–water partition coefficient (Wildman–Crippen LogP) is 3.62. The van der Waals surface area contributed by atoms with Crippen molar-refractivity contribution in [1.29, 1.82) is 0 Å². The Hall–Kier alpha value is -1.46. The van der Waals surface area contributed by atoms with Gasteiger partial charge in [-0.2, -0.15) is 0 Å². The van der Waals surface area contributed by atoms with E-state index in [4.69, 9.17) is 0 Å². The van der Waals surface area contributed by atoms with Crippen molar-refractivity contribution in [2.24, 2.45) is 11.8 Å². The molecule has 1 aliphatic carbocycles. The number of likely N-dealkylation sites (tertiary alicyclic amines) is 1. The second-order valence-electron chi connectivity index (χ2n) is 7.71. The topological polar surface area (TPSA) is 43.7 Å². The molecule has 5 rings (SSSR count). The molecular weight excluding hydrogens is 330 g/mol. The molecule has 1 aromatic heterocycles. The van der Waals surface area contributed by atoms with Crippen LogP contribution in [-0.2, 0) is 6.54 Å². The van der Waals surface area contributed by atoms with Crippen LogP contribution in [0.2, 0.25) is 0 Å². The van der Waals surface area contributed by atoms with Crippen LogP contribution in [0.4, 0.5) is 0 Å². The molecule has 1 aliphatic heterocycles. The van der Waals surface area contributed by atoms with E-state index in [1.165, 1.54) is 25.7 Å². The number of nitrogens with zero attached hydrogens (tertiary/aromatic N) is 1. The van der Waals surface area contributed by atoms with Crippen molar-refractivity contribution in [3.63, 3.8) is 0 Å². The summed E-state index contributed by atoms with van der Waals surface area (Å²) in [5.74, 6) is 1.06. The largest absolute Gasteiger partial charge is 0.390 e. The van der Waals surface area contributed by atoms with Gasteiger partial charge in [-0.1, -0.05) is 36.4 Å². The van der Waals surface area contributed by atoms with Crippen LogP contribution in [0.25, 0.3) is 20.2 Å². The first-order valence-corrected chi connectivity index (χ1v) is 9.98. The highest BCUT2D eigenvalue weighted by atomic mass is 32.1. The molecule has 2 N–H and O–H groups in total. The van der Waals surface area contributed by atoms with Crippen LogP contribution < -0.4 is 0 Å². The van der Waals surface area contributed by atoms with Crippen LogP contribution in [0.1, 0.15) is 18.4 Å². The smallest absolute Gasteiger partial charge is 0.0802 e. The van der Waals surface area contributed by atoms with Gasteiger partial charge in [-0.25, -0.2) is 0 Å². The highest BCUT2D eigenvalue weighted by Gasteiger charge is 2.41. The molecule has 25 heavy (non-hydrogen) atoms. The molecule has 1 saturated carbocycles. The summed E-state index contributed by atoms with van der Waals surface area (Å²) >= 11 is 1.89. The first-order valence-electron chi connectivity index (χ1n) is 9.16. The van der Waals surface area contributed by atoms with Gasteiger partial charge in [-0.15, -0.1) is 11.3 Å². The number of aliphatic hydroxyl groups is 2. The summed E-state index contributed by atoms with van der Waals surface area (Å²) in [7, 11) is 0. The van der Waals surface area contributed by atoms with Gasteiger partial charge in [0.15, 0.2) is 0 Å². The minimum atomic E-state index is -0.535. The number of hydrogen-bond acceptors (Lipinski definition) is 4. The van der Waals surface area contributed by atoms with E-state index in [1.807, 2.05) is 11.3 Å². The number of aliphatic hydroxyl groups excluding tert-OH is 2. The molecule has 4 heteroatoms. The molecule has 0 bridgehead atoms. The Balaban J connectivity index is 1.43. The molecular formula is C21H23NO2S. The van der Waals surface area contributed by atoms with Crippen LogP contribution in [0.3, 0.4) is 0 Å². The maximum atomic E-state index is 9.96. The van der Waals surface area contributed by atoms with Crippen molar-refractivity contribution in [3.8, 4) is 0 Å². The van der Waals surface area contributed by atoms with Crippen molar-refractivity contribution in [1.82, 2.24) is 4.90 Å². The lowest BCUT2D eigenvalue weighted by Gasteiger charge is -2.32. The number of thiophene rings is 1.